The largest absolute Gasteiger partial charge is 0.384 e. The molecule has 0 bridgehead atoms. The van der Waals surface area contributed by atoms with E-state index in [0.717, 1.165) is 21.6 Å². The molecule has 6 nitrogen and oxygen atoms in total. The SMILES string of the molecule is CC(O)C(=O)N1CCN(C(=O)c2nc(Br)sc2C2CC2)CC1. The van der Waals surface area contributed by atoms with Crippen molar-refractivity contribution in [2.45, 2.75) is 31.8 Å². The summed E-state index contributed by atoms with van der Waals surface area (Å²) in [5.41, 5.74) is 0.565. The lowest BCUT2D eigenvalue weighted by Gasteiger charge is -2.35. The Hall–Kier alpha value is -0.990. The molecular weight excluding hydrogens is 370 g/mol. The summed E-state index contributed by atoms with van der Waals surface area (Å²) >= 11 is 4.92. The summed E-state index contributed by atoms with van der Waals surface area (Å²) in [6.07, 6.45) is 1.27. The molecule has 1 aliphatic carbocycles. The van der Waals surface area contributed by atoms with Crippen molar-refractivity contribution in [3.8, 4) is 0 Å². The number of nitrogens with zero attached hydrogens (tertiary/aromatic N) is 3. The summed E-state index contributed by atoms with van der Waals surface area (Å²) in [6.45, 7) is 3.35. The van der Waals surface area contributed by atoms with E-state index in [0.29, 0.717) is 37.8 Å². The zero-order valence-electron chi connectivity index (χ0n) is 12.3. The van der Waals surface area contributed by atoms with Gasteiger partial charge in [0.2, 0.25) is 0 Å². The zero-order chi connectivity index (χ0) is 15.9. The molecule has 1 saturated heterocycles. The van der Waals surface area contributed by atoms with Gasteiger partial charge in [0.15, 0.2) is 3.92 Å². The minimum Gasteiger partial charge on any atom is -0.384 e. The Morgan fingerprint density at radius 2 is 1.86 bits per heavy atom. The number of amides is 2. The van der Waals surface area contributed by atoms with Crippen LogP contribution >= 0.6 is 27.3 Å². The number of hydrogen-bond acceptors (Lipinski definition) is 5. The van der Waals surface area contributed by atoms with Gasteiger partial charge in [0.1, 0.15) is 11.8 Å². The van der Waals surface area contributed by atoms with Crippen LogP contribution < -0.4 is 0 Å². The van der Waals surface area contributed by atoms with Crippen LogP contribution in [0.15, 0.2) is 3.92 Å². The van der Waals surface area contributed by atoms with Crippen molar-refractivity contribution in [3.05, 3.63) is 14.5 Å². The molecule has 0 spiro atoms. The lowest BCUT2D eigenvalue weighted by Crippen LogP contribution is -2.52. The molecule has 1 aliphatic heterocycles. The van der Waals surface area contributed by atoms with Crippen LogP contribution in [0.4, 0.5) is 0 Å². The van der Waals surface area contributed by atoms with Crippen LogP contribution in [0, 0.1) is 0 Å². The van der Waals surface area contributed by atoms with Crippen molar-refractivity contribution < 1.29 is 14.7 Å². The van der Waals surface area contributed by atoms with Gasteiger partial charge in [-0.15, -0.1) is 11.3 Å². The topological polar surface area (TPSA) is 73.7 Å². The van der Waals surface area contributed by atoms with E-state index >= 15 is 0 Å². The first kappa shape index (κ1) is 15.9. The lowest BCUT2D eigenvalue weighted by molar-refractivity contribution is -0.140. The summed E-state index contributed by atoms with van der Waals surface area (Å²) < 4.78 is 0.751. The highest BCUT2D eigenvalue weighted by Gasteiger charge is 2.34. The second-order valence-electron chi connectivity index (χ2n) is 5.75. The number of aliphatic hydroxyl groups excluding tert-OH is 1. The third-order valence-corrected chi connectivity index (χ3v) is 5.68. The van der Waals surface area contributed by atoms with E-state index in [1.807, 2.05) is 0 Å². The number of aliphatic hydroxyl groups is 1. The summed E-state index contributed by atoms with van der Waals surface area (Å²) in [5, 5.41) is 9.35. The van der Waals surface area contributed by atoms with Crippen molar-refractivity contribution in [2.75, 3.05) is 26.2 Å². The number of carbonyl (C=O) groups is 2. The molecule has 0 radical (unpaired) electrons. The second kappa shape index (κ2) is 6.25. The predicted octanol–water partition coefficient (Wildman–Crippen LogP) is 1.45. The predicted molar refractivity (Wildman–Crippen MR) is 86.0 cm³/mol. The Labute approximate surface area is 141 Å². The first-order valence-electron chi connectivity index (χ1n) is 7.39. The quantitative estimate of drug-likeness (QED) is 0.851. The van der Waals surface area contributed by atoms with Gasteiger partial charge in [-0.3, -0.25) is 9.59 Å². The number of hydrogen-bond donors (Lipinski definition) is 1. The summed E-state index contributed by atoms with van der Waals surface area (Å²) in [5.74, 6) is 0.163. The van der Waals surface area contributed by atoms with Crippen molar-refractivity contribution in [1.29, 1.82) is 0 Å². The van der Waals surface area contributed by atoms with Crippen LogP contribution in [0.3, 0.4) is 0 Å². The Kier molecular flexibility index (Phi) is 4.52. The molecule has 120 valence electrons. The molecule has 2 aliphatic rings. The fourth-order valence-corrected chi connectivity index (χ4v) is 4.28. The molecule has 22 heavy (non-hydrogen) atoms. The number of piperazine rings is 1. The van der Waals surface area contributed by atoms with Gasteiger partial charge >= 0.3 is 0 Å². The third kappa shape index (κ3) is 3.18. The van der Waals surface area contributed by atoms with E-state index in [1.165, 1.54) is 6.92 Å². The highest BCUT2D eigenvalue weighted by atomic mass is 79.9. The number of carbonyl (C=O) groups excluding carboxylic acids is 2. The molecular formula is C14H18BrN3O3S. The van der Waals surface area contributed by atoms with E-state index in [1.54, 1.807) is 21.1 Å². The van der Waals surface area contributed by atoms with E-state index < -0.39 is 6.10 Å². The van der Waals surface area contributed by atoms with Gasteiger partial charge in [-0.25, -0.2) is 4.98 Å². The van der Waals surface area contributed by atoms with E-state index in [9.17, 15) is 14.7 Å². The molecule has 1 unspecified atom stereocenters. The zero-order valence-corrected chi connectivity index (χ0v) is 14.7. The summed E-state index contributed by atoms with van der Waals surface area (Å²) in [4.78, 5) is 33.2. The molecule has 2 heterocycles. The minimum atomic E-state index is -0.988. The van der Waals surface area contributed by atoms with Crippen LogP contribution in [0.1, 0.15) is 41.0 Å². The Morgan fingerprint density at radius 1 is 1.27 bits per heavy atom. The van der Waals surface area contributed by atoms with Gasteiger partial charge in [-0.05, 0) is 41.6 Å². The van der Waals surface area contributed by atoms with Crippen LogP contribution in [-0.4, -0.2) is 64.0 Å². The molecule has 8 heteroatoms. The normalized spacial score (nSPS) is 20.1. The standard InChI is InChI=1S/C14H18BrN3O3S/c1-8(19)12(20)17-4-6-18(7-5-17)13(21)10-11(9-2-3-9)22-14(15)16-10/h8-9,19H,2-7H2,1H3. The smallest absolute Gasteiger partial charge is 0.273 e. The number of rotatable bonds is 3. The summed E-state index contributed by atoms with van der Waals surface area (Å²) in [6, 6.07) is 0. The van der Waals surface area contributed by atoms with Gasteiger partial charge in [0, 0.05) is 31.1 Å². The number of thiazole rings is 1. The third-order valence-electron chi connectivity index (χ3n) is 4.01. The molecule has 2 amide bonds. The highest BCUT2D eigenvalue weighted by Crippen LogP contribution is 2.45. The van der Waals surface area contributed by atoms with Gasteiger partial charge in [-0.2, -0.15) is 0 Å². The average Bonchev–Trinajstić information content (AvgIpc) is 3.28. The van der Waals surface area contributed by atoms with Crippen LogP contribution in [0.5, 0.6) is 0 Å². The van der Waals surface area contributed by atoms with Crippen LogP contribution in [-0.2, 0) is 4.79 Å². The first-order valence-corrected chi connectivity index (χ1v) is 9.00. The maximum Gasteiger partial charge on any atom is 0.273 e. The summed E-state index contributed by atoms with van der Waals surface area (Å²) in [7, 11) is 0. The molecule has 3 rings (SSSR count). The Morgan fingerprint density at radius 3 is 2.41 bits per heavy atom. The fraction of sp³-hybridized carbons (Fsp3) is 0.643. The van der Waals surface area contributed by atoms with Gasteiger partial charge in [0.25, 0.3) is 11.8 Å². The van der Waals surface area contributed by atoms with Crippen molar-refractivity contribution in [1.82, 2.24) is 14.8 Å². The first-order chi connectivity index (χ1) is 10.5. The van der Waals surface area contributed by atoms with Gasteiger partial charge in [-0.1, -0.05) is 0 Å². The van der Waals surface area contributed by atoms with Gasteiger partial charge < -0.3 is 14.9 Å². The molecule has 2 fully saturated rings. The number of aromatic nitrogens is 1. The maximum atomic E-state index is 12.7. The molecule has 1 atom stereocenters. The minimum absolute atomic E-state index is 0.0482. The van der Waals surface area contributed by atoms with E-state index in [-0.39, 0.29) is 11.8 Å². The van der Waals surface area contributed by atoms with Crippen LogP contribution in [0.2, 0.25) is 0 Å². The molecule has 1 aromatic heterocycles. The highest BCUT2D eigenvalue weighted by molar-refractivity contribution is 9.11. The maximum absolute atomic E-state index is 12.7. The monoisotopic (exact) mass is 387 g/mol. The Bertz CT molecular complexity index is 592. The van der Waals surface area contributed by atoms with E-state index in [2.05, 4.69) is 20.9 Å². The molecule has 1 saturated carbocycles. The molecule has 0 aromatic carbocycles. The van der Waals surface area contributed by atoms with Crippen molar-refractivity contribution >= 4 is 39.1 Å². The van der Waals surface area contributed by atoms with Crippen molar-refractivity contribution in [2.24, 2.45) is 0 Å². The van der Waals surface area contributed by atoms with Crippen molar-refractivity contribution in [3.63, 3.8) is 0 Å². The Balaban J connectivity index is 1.66. The van der Waals surface area contributed by atoms with Crippen LogP contribution in [0.25, 0.3) is 0 Å². The molecule has 1 aromatic rings. The lowest BCUT2D eigenvalue weighted by atomic mass is 10.2. The fourth-order valence-electron chi connectivity index (χ4n) is 2.62. The molecule has 1 N–H and O–H groups in total. The number of halogens is 1. The van der Waals surface area contributed by atoms with Gasteiger partial charge in [0.05, 0.1) is 0 Å². The van der Waals surface area contributed by atoms with E-state index in [4.69, 9.17) is 0 Å². The second-order valence-corrected chi connectivity index (χ2v) is 8.05. The average molecular weight is 388 g/mol.